The number of methoxy groups -OCH3 is 1. The Morgan fingerprint density at radius 2 is 2.20 bits per heavy atom. The van der Waals surface area contributed by atoms with E-state index in [0.717, 1.165) is 0 Å². The summed E-state index contributed by atoms with van der Waals surface area (Å²) < 4.78 is 31.7. The van der Waals surface area contributed by atoms with Gasteiger partial charge in [0.25, 0.3) is 0 Å². The predicted octanol–water partition coefficient (Wildman–Crippen LogP) is 1.54. The number of nitrogens with one attached hydrogen (secondary N) is 1. The second kappa shape index (κ2) is 7.33. The highest BCUT2D eigenvalue weighted by atomic mass is 35.5. The van der Waals surface area contributed by atoms with Crippen molar-refractivity contribution in [3.8, 4) is 0 Å². The van der Waals surface area contributed by atoms with Gasteiger partial charge in [-0.3, -0.25) is 0 Å². The van der Waals surface area contributed by atoms with Gasteiger partial charge in [0.2, 0.25) is 10.0 Å². The van der Waals surface area contributed by atoms with Crippen molar-refractivity contribution < 1.29 is 13.2 Å². The third kappa shape index (κ3) is 4.68. The van der Waals surface area contributed by atoms with Gasteiger partial charge in [0, 0.05) is 25.8 Å². The zero-order chi connectivity index (χ0) is 15.3. The first-order valence-electron chi connectivity index (χ1n) is 5.86. The molecule has 1 unspecified atom stereocenters. The van der Waals surface area contributed by atoms with E-state index in [4.69, 9.17) is 34.3 Å². The number of rotatable bonds is 7. The fraction of sp³-hybridized carbons (Fsp3) is 0.417. The predicted molar refractivity (Wildman–Crippen MR) is 83.6 cm³/mol. The molecular formula is C12H17ClN2O3S2. The Bertz CT molecular complexity index is 590. The molecule has 112 valence electrons. The normalized spacial score (nSPS) is 13.2. The molecule has 0 aromatic heterocycles. The van der Waals surface area contributed by atoms with E-state index in [-0.39, 0.29) is 27.4 Å². The number of sulfonamides is 1. The van der Waals surface area contributed by atoms with Crippen molar-refractivity contribution in [3.05, 3.63) is 28.8 Å². The molecule has 5 nitrogen and oxygen atoms in total. The van der Waals surface area contributed by atoms with Gasteiger partial charge in [-0.05, 0) is 24.1 Å². The quantitative estimate of drug-likeness (QED) is 0.738. The number of hydrogen-bond acceptors (Lipinski definition) is 4. The number of benzene rings is 1. The Hall–Kier alpha value is -0.730. The zero-order valence-corrected chi connectivity index (χ0v) is 13.6. The Labute approximate surface area is 129 Å². The Morgan fingerprint density at radius 1 is 1.55 bits per heavy atom. The number of hydrogen-bond donors (Lipinski definition) is 2. The molecule has 1 rings (SSSR count). The lowest BCUT2D eigenvalue weighted by Gasteiger charge is -2.12. The van der Waals surface area contributed by atoms with Gasteiger partial charge >= 0.3 is 0 Å². The van der Waals surface area contributed by atoms with Gasteiger partial charge in [0.1, 0.15) is 4.99 Å². The summed E-state index contributed by atoms with van der Waals surface area (Å²) in [5.74, 6) is 0.0705. The minimum absolute atomic E-state index is 0.0705. The molecule has 1 atom stereocenters. The molecule has 8 heteroatoms. The Kier molecular flexibility index (Phi) is 6.35. The van der Waals surface area contributed by atoms with Crippen LogP contribution in [0.2, 0.25) is 5.02 Å². The van der Waals surface area contributed by atoms with Crippen LogP contribution in [0.4, 0.5) is 0 Å². The van der Waals surface area contributed by atoms with E-state index in [2.05, 4.69) is 4.72 Å². The van der Waals surface area contributed by atoms with Gasteiger partial charge in [-0.1, -0.05) is 30.7 Å². The van der Waals surface area contributed by atoms with Crippen LogP contribution in [0.1, 0.15) is 12.5 Å². The topological polar surface area (TPSA) is 81.4 Å². The van der Waals surface area contributed by atoms with E-state index in [1.165, 1.54) is 18.2 Å². The molecule has 0 aliphatic rings. The third-order valence-electron chi connectivity index (χ3n) is 2.59. The lowest BCUT2D eigenvalue weighted by Crippen LogP contribution is -2.30. The lowest BCUT2D eigenvalue weighted by molar-refractivity contribution is 0.161. The molecule has 0 saturated carbocycles. The highest BCUT2D eigenvalue weighted by Crippen LogP contribution is 2.20. The van der Waals surface area contributed by atoms with Gasteiger partial charge in [-0.15, -0.1) is 0 Å². The first-order chi connectivity index (χ1) is 9.27. The second-order valence-corrected chi connectivity index (χ2v) is 7.03. The fourth-order valence-corrected chi connectivity index (χ4v) is 3.31. The summed E-state index contributed by atoms with van der Waals surface area (Å²) >= 11 is 10.8. The Balaban J connectivity index is 2.88. The molecule has 0 fully saturated rings. The van der Waals surface area contributed by atoms with Crippen molar-refractivity contribution in [1.82, 2.24) is 4.72 Å². The summed E-state index contributed by atoms with van der Waals surface area (Å²) in [5.41, 5.74) is 5.93. The molecular weight excluding hydrogens is 320 g/mol. The van der Waals surface area contributed by atoms with Gasteiger partial charge in [0.05, 0.1) is 9.92 Å². The molecule has 0 saturated heterocycles. The summed E-state index contributed by atoms with van der Waals surface area (Å²) in [6.07, 6.45) is 0. The van der Waals surface area contributed by atoms with Crippen LogP contribution in [0.15, 0.2) is 23.1 Å². The average molecular weight is 337 g/mol. The van der Waals surface area contributed by atoms with Crippen LogP contribution in [-0.2, 0) is 14.8 Å². The summed E-state index contributed by atoms with van der Waals surface area (Å²) in [7, 11) is -2.04. The molecule has 0 bridgehead atoms. The van der Waals surface area contributed by atoms with E-state index in [1.54, 1.807) is 7.11 Å². The third-order valence-corrected chi connectivity index (χ3v) is 4.54. The Morgan fingerprint density at radius 3 is 2.70 bits per heavy atom. The summed E-state index contributed by atoms with van der Waals surface area (Å²) in [4.78, 5) is 0.202. The van der Waals surface area contributed by atoms with Crippen LogP contribution >= 0.6 is 23.8 Å². The second-order valence-electron chi connectivity index (χ2n) is 4.42. The smallest absolute Gasteiger partial charge is 0.240 e. The van der Waals surface area contributed by atoms with E-state index >= 15 is 0 Å². The molecule has 1 aromatic rings. The van der Waals surface area contributed by atoms with Crippen LogP contribution in [-0.4, -0.2) is 33.7 Å². The maximum atomic E-state index is 12.1. The average Bonchev–Trinajstić information content (AvgIpc) is 2.36. The van der Waals surface area contributed by atoms with Crippen LogP contribution < -0.4 is 10.5 Å². The molecule has 0 amide bonds. The fourth-order valence-electron chi connectivity index (χ4n) is 1.54. The summed E-state index contributed by atoms with van der Waals surface area (Å²) in [6.45, 7) is 2.64. The van der Waals surface area contributed by atoms with E-state index in [0.29, 0.717) is 12.2 Å². The minimum Gasteiger partial charge on any atom is -0.389 e. The number of ether oxygens (including phenoxy) is 1. The van der Waals surface area contributed by atoms with Gasteiger partial charge in [-0.25, -0.2) is 13.1 Å². The van der Waals surface area contributed by atoms with Crippen LogP contribution in [0.5, 0.6) is 0 Å². The molecule has 0 aliphatic heterocycles. The van der Waals surface area contributed by atoms with Gasteiger partial charge in [0.15, 0.2) is 0 Å². The standard InChI is InChI=1S/C12H17ClN2O3S2/c1-8(7-18-2)6-15-20(16,17)9-3-4-10(12(14)19)11(13)5-9/h3-5,8,15H,6-7H2,1-2H3,(H2,14,19). The zero-order valence-electron chi connectivity index (χ0n) is 11.2. The monoisotopic (exact) mass is 336 g/mol. The van der Waals surface area contributed by atoms with Crippen LogP contribution in [0.3, 0.4) is 0 Å². The maximum absolute atomic E-state index is 12.1. The first-order valence-corrected chi connectivity index (χ1v) is 8.13. The molecule has 1 aromatic carbocycles. The molecule has 3 N–H and O–H groups in total. The van der Waals surface area contributed by atoms with Crippen molar-refractivity contribution in [2.24, 2.45) is 11.7 Å². The molecule has 0 heterocycles. The lowest BCUT2D eigenvalue weighted by atomic mass is 10.2. The van der Waals surface area contributed by atoms with E-state index < -0.39 is 10.0 Å². The van der Waals surface area contributed by atoms with E-state index in [9.17, 15) is 8.42 Å². The number of halogens is 1. The molecule has 0 radical (unpaired) electrons. The maximum Gasteiger partial charge on any atom is 0.240 e. The SMILES string of the molecule is COCC(C)CNS(=O)(=O)c1ccc(C(N)=S)c(Cl)c1. The highest BCUT2D eigenvalue weighted by Gasteiger charge is 2.17. The highest BCUT2D eigenvalue weighted by molar-refractivity contribution is 7.89. The van der Waals surface area contributed by atoms with Crippen LogP contribution in [0.25, 0.3) is 0 Å². The van der Waals surface area contributed by atoms with Crippen molar-refractivity contribution in [2.45, 2.75) is 11.8 Å². The molecule has 0 spiro atoms. The number of thiocarbonyl (C=S) groups is 1. The van der Waals surface area contributed by atoms with Crippen molar-refractivity contribution >= 4 is 38.8 Å². The van der Waals surface area contributed by atoms with Gasteiger partial charge in [-0.2, -0.15) is 0 Å². The number of nitrogens with two attached hydrogens (primary N) is 1. The summed E-state index contributed by atoms with van der Waals surface area (Å²) in [5, 5.41) is 0.213. The van der Waals surface area contributed by atoms with Crippen molar-refractivity contribution in [1.29, 1.82) is 0 Å². The molecule has 0 aliphatic carbocycles. The summed E-state index contributed by atoms with van der Waals surface area (Å²) in [6, 6.07) is 4.25. The van der Waals surface area contributed by atoms with Crippen molar-refractivity contribution in [2.75, 3.05) is 20.3 Å². The first kappa shape index (κ1) is 17.3. The van der Waals surface area contributed by atoms with Gasteiger partial charge < -0.3 is 10.5 Å². The largest absolute Gasteiger partial charge is 0.389 e. The van der Waals surface area contributed by atoms with Crippen LogP contribution in [0, 0.1) is 5.92 Å². The van der Waals surface area contributed by atoms with E-state index in [1.807, 2.05) is 6.92 Å². The molecule has 20 heavy (non-hydrogen) atoms. The minimum atomic E-state index is -3.61. The van der Waals surface area contributed by atoms with Crippen molar-refractivity contribution in [3.63, 3.8) is 0 Å².